The van der Waals surface area contributed by atoms with Crippen LogP contribution >= 0.6 is 24.0 Å². The van der Waals surface area contributed by atoms with Crippen LogP contribution in [0, 0.1) is 0 Å². The molecular weight excluding hydrogens is 314 g/mol. The molecule has 1 atom stereocenters. The number of hydrogen-bond acceptors (Lipinski definition) is 3. The molecule has 1 aromatic rings. The van der Waals surface area contributed by atoms with Crippen molar-refractivity contribution in [1.82, 2.24) is 10.3 Å². The lowest BCUT2D eigenvalue weighted by molar-refractivity contribution is -0.137. The zero-order valence-electron chi connectivity index (χ0n) is 10.9. The van der Waals surface area contributed by atoms with Crippen molar-refractivity contribution in [2.75, 3.05) is 25.0 Å². The predicted octanol–water partition coefficient (Wildman–Crippen LogP) is 3.36. The highest BCUT2D eigenvalue weighted by molar-refractivity contribution is 6.33. The van der Waals surface area contributed by atoms with Crippen LogP contribution in [0.5, 0.6) is 0 Å². The van der Waals surface area contributed by atoms with E-state index >= 15 is 0 Å². The van der Waals surface area contributed by atoms with Crippen molar-refractivity contribution in [3.63, 3.8) is 0 Å². The first-order chi connectivity index (χ1) is 8.89. The SMILES string of the molecule is CN(c1ncc(C(F)(F)F)cc1Cl)[C@@H]1CCCNC1.Cl. The number of hydrogen-bond donors (Lipinski definition) is 1. The third-order valence-corrected chi connectivity index (χ3v) is 3.58. The van der Waals surface area contributed by atoms with Crippen molar-refractivity contribution >= 4 is 29.8 Å². The van der Waals surface area contributed by atoms with E-state index in [1.165, 1.54) is 0 Å². The van der Waals surface area contributed by atoms with Gasteiger partial charge in [0, 0.05) is 25.8 Å². The summed E-state index contributed by atoms with van der Waals surface area (Å²) in [6.07, 6.45) is -1.58. The van der Waals surface area contributed by atoms with Gasteiger partial charge in [-0.05, 0) is 25.5 Å². The number of anilines is 1. The molecule has 2 rings (SSSR count). The highest BCUT2D eigenvalue weighted by Crippen LogP contribution is 2.33. The van der Waals surface area contributed by atoms with Crippen LogP contribution in [0.4, 0.5) is 19.0 Å². The molecule has 0 bridgehead atoms. The van der Waals surface area contributed by atoms with Crippen LogP contribution in [0.1, 0.15) is 18.4 Å². The first-order valence-corrected chi connectivity index (χ1v) is 6.43. The van der Waals surface area contributed by atoms with Crippen LogP contribution in [-0.2, 0) is 6.18 Å². The van der Waals surface area contributed by atoms with Gasteiger partial charge in [-0.1, -0.05) is 11.6 Å². The third-order valence-electron chi connectivity index (χ3n) is 3.30. The lowest BCUT2D eigenvalue weighted by Crippen LogP contribution is -2.44. The molecule has 1 aliphatic heterocycles. The van der Waals surface area contributed by atoms with Crippen molar-refractivity contribution < 1.29 is 13.2 Å². The predicted molar refractivity (Wildman–Crippen MR) is 75.8 cm³/mol. The van der Waals surface area contributed by atoms with Crippen LogP contribution < -0.4 is 10.2 Å². The van der Waals surface area contributed by atoms with Crippen molar-refractivity contribution in [2.45, 2.75) is 25.1 Å². The van der Waals surface area contributed by atoms with Crippen LogP contribution in [0.25, 0.3) is 0 Å². The molecule has 0 spiro atoms. The molecule has 2 heterocycles. The van der Waals surface area contributed by atoms with Gasteiger partial charge in [0.05, 0.1) is 10.6 Å². The summed E-state index contributed by atoms with van der Waals surface area (Å²) in [7, 11) is 1.80. The van der Waals surface area contributed by atoms with Crippen molar-refractivity contribution in [3.8, 4) is 0 Å². The second-order valence-corrected chi connectivity index (χ2v) is 5.05. The molecule has 20 heavy (non-hydrogen) atoms. The minimum atomic E-state index is -4.42. The minimum Gasteiger partial charge on any atom is -0.354 e. The van der Waals surface area contributed by atoms with Crippen LogP contribution in [-0.4, -0.2) is 31.2 Å². The van der Waals surface area contributed by atoms with Gasteiger partial charge in [-0.2, -0.15) is 13.2 Å². The molecule has 1 fully saturated rings. The molecule has 1 aliphatic rings. The topological polar surface area (TPSA) is 28.2 Å². The van der Waals surface area contributed by atoms with Gasteiger partial charge in [-0.15, -0.1) is 12.4 Å². The Bertz CT molecular complexity index is 448. The molecule has 0 radical (unpaired) electrons. The maximum atomic E-state index is 12.5. The molecule has 1 N–H and O–H groups in total. The van der Waals surface area contributed by atoms with Gasteiger partial charge in [0.15, 0.2) is 0 Å². The number of aromatic nitrogens is 1. The van der Waals surface area contributed by atoms with E-state index in [1.807, 2.05) is 4.90 Å². The number of piperidine rings is 1. The van der Waals surface area contributed by atoms with Gasteiger partial charge in [-0.25, -0.2) is 4.98 Å². The molecule has 1 aromatic heterocycles. The van der Waals surface area contributed by atoms with Gasteiger partial charge in [-0.3, -0.25) is 0 Å². The second-order valence-electron chi connectivity index (χ2n) is 4.64. The number of alkyl halides is 3. The lowest BCUT2D eigenvalue weighted by atomic mass is 10.1. The van der Waals surface area contributed by atoms with E-state index in [0.717, 1.165) is 38.2 Å². The number of rotatable bonds is 2. The molecule has 3 nitrogen and oxygen atoms in total. The van der Waals surface area contributed by atoms with Crippen molar-refractivity contribution in [3.05, 3.63) is 22.8 Å². The Morgan fingerprint density at radius 2 is 2.15 bits per heavy atom. The molecule has 114 valence electrons. The first-order valence-electron chi connectivity index (χ1n) is 6.06. The highest BCUT2D eigenvalue weighted by Gasteiger charge is 2.32. The highest BCUT2D eigenvalue weighted by atomic mass is 35.5. The van der Waals surface area contributed by atoms with E-state index in [-0.39, 0.29) is 23.5 Å². The molecule has 0 aromatic carbocycles. The molecule has 0 aliphatic carbocycles. The summed E-state index contributed by atoms with van der Waals surface area (Å²) in [6, 6.07) is 1.13. The molecular formula is C12H16Cl2F3N3. The Hall–Kier alpha value is -0.720. The largest absolute Gasteiger partial charge is 0.417 e. The number of pyridine rings is 1. The zero-order valence-corrected chi connectivity index (χ0v) is 12.4. The van der Waals surface area contributed by atoms with Gasteiger partial charge < -0.3 is 10.2 Å². The molecule has 0 amide bonds. The minimum absolute atomic E-state index is 0. The average Bonchev–Trinajstić information content (AvgIpc) is 2.38. The molecule has 0 saturated carbocycles. The molecule has 0 unspecified atom stereocenters. The van der Waals surface area contributed by atoms with E-state index in [9.17, 15) is 13.2 Å². The standard InChI is InChI=1S/C12H15ClF3N3.ClH/c1-19(9-3-2-4-17-7-9)11-10(13)5-8(6-18-11)12(14,15)16;/h5-6,9,17H,2-4,7H2,1H3;1H/t9-;/m1./s1. The van der Waals surface area contributed by atoms with Gasteiger partial charge >= 0.3 is 6.18 Å². The second kappa shape index (κ2) is 6.83. The van der Waals surface area contributed by atoms with Crippen LogP contribution in [0.15, 0.2) is 12.3 Å². The van der Waals surface area contributed by atoms with E-state index in [0.29, 0.717) is 5.82 Å². The van der Waals surface area contributed by atoms with E-state index in [1.54, 1.807) is 7.05 Å². The maximum absolute atomic E-state index is 12.5. The summed E-state index contributed by atoms with van der Waals surface area (Å²) >= 11 is 5.92. The quantitative estimate of drug-likeness (QED) is 0.901. The summed E-state index contributed by atoms with van der Waals surface area (Å²) < 4.78 is 37.6. The van der Waals surface area contributed by atoms with E-state index in [2.05, 4.69) is 10.3 Å². The fraction of sp³-hybridized carbons (Fsp3) is 0.583. The lowest BCUT2D eigenvalue weighted by Gasteiger charge is -2.33. The monoisotopic (exact) mass is 329 g/mol. The summed E-state index contributed by atoms with van der Waals surface area (Å²) in [5.41, 5.74) is -0.823. The van der Waals surface area contributed by atoms with Crippen LogP contribution in [0.3, 0.4) is 0 Å². The summed E-state index contributed by atoms with van der Waals surface area (Å²) in [6.45, 7) is 1.76. The fourth-order valence-corrected chi connectivity index (χ4v) is 2.48. The first kappa shape index (κ1) is 17.3. The Balaban J connectivity index is 0.00000200. The third kappa shape index (κ3) is 3.90. The molecule has 8 heteroatoms. The Labute approximate surface area is 126 Å². The normalized spacial score (nSPS) is 19.4. The Kier molecular flexibility index (Phi) is 5.91. The number of nitrogens with zero attached hydrogens (tertiary/aromatic N) is 2. The van der Waals surface area contributed by atoms with Gasteiger partial charge in [0.2, 0.25) is 0 Å². The summed E-state index contributed by atoms with van der Waals surface area (Å²) in [5, 5.41) is 3.28. The Morgan fingerprint density at radius 1 is 1.45 bits per heavy atom. The Morgan fingerprint density at radius 3 is 2.65 bits per heavy atom. The van der Waals surface area contributed by atoms with E-state index in [4.69, 9.17) is 11.6 Å². The zero-order chi connectivity index (χ0) is 14.0. The summed E-state index contributed by atoms with van der Waals surface area (Å²) in [4.78, 5) is 5.71. The van der Waals surface area contributed by atoms with Crippen molar-refractivity contribution in [1.29, 1.82) is 0 Å². The smallest absolute Gasteiger partial charge is 0.354 e. The van der Waals surface area contributed by atoms with Crippen molar-refractivity contribution in [2.24, 2.45) is 0 Å². The number of likely N-dealkylation sites (N-methyl/N-ethyl adjacent to an activating group) is 1. The van der Waals surface area contributed by atoms with Gasteiger partial charge in [0.1, 0.15) is 5.82 Å². The van der Waals surface area contributed by atoms with Gasteiger partial charge in [0.25, 0.3) is 0 Å². The average molecular weight is 330 g/mol. The fourth-order valence-electron chi connectivity index (χ4n) is 2.18. The molecule has 1 saturated heterocycles. The van der Waals surface area contributed by atoms with Crippen LogP contribution in [0.2, 0.25) is 5.02 Å². The number of halogens is 5. The summed E-state index contributed by atoms with van der Waals surface area (Å²) in [5.74, 6) is 0.392. The van der Waals surface area contributed by atoms with E-state index < -0.39 is 11.7 Å². The number of nitrogens with one attached hydrogen (secondary N) is 1. The maximum Gasteiger partial charge on any atom is 0.417 e.